The molecule has 0 fully saturated rings. The maximum Gasteiger partial charge on any atom is 0.417 e. The molecule has 0 saturated heterocycles. The van der Waals surface area contributed by atoms with Gasteiger partial charge >= 0.3 is 12.1 Å². The van der Waals surface area contributed by atoms with E-state index in [-0.39, 0.29) is 48.3 Å². The molecule has 0 aliphatic rings. The van der Waals surface area contributed by atoms with Gasteiger partial charge in [-0.15, -0.1) is 12.4 Å². The van der Waals surface area contributed by atoms with Gasteiger partial charge in [0.05, 0.1) is 12.1 Å². The number of carboxylic acid groups (broad SMARTS) is 1. The number of carboxylic acids is 1. The molecule has 1 aromatic heterocycles. The van der Waals surface area contributed by atoms with Crippen LogP contribution in [-0.2, 0) is 17.5 Å². The smallest absolute Gasteiger partial charge is 0.417 e. The van der Waals surface area contributed by atoms with Crippen LogP contribution in [0, 0.1) is 6.92 Å². The highest BCUT2D eigenvalue weighted by Gasteiger charge is 2.34. The third-order valence-corrected chi connectivity index (χ3v) is 5.95. The van der Waals surface area contributed by atoms with Crippen molar-refractivity contribution in [1.82, 2.24) is 15.0 Å². The molecule has 0 bridgehead atoms. The molecule has 0 saturated carbocycles. The highest BCUT2D eigenvalue weighted by atomic mass is 35.5. The minimum atomic E-state index is -4.59. The molecule has 4 aromatic rings. The number of benzene rings is 3. The molecule has 0 aliphatic carbocycles. The lowest BCUT2D eigenvalue weighted by Crippen LogP contribution is -2.25. The fraction of sp³-hybridized carbons (Fsp3) is 0.192. The Kier molecular flexibility index (Phi) is 8.63. The van der Waals surface area contributed by atoms with Crippen LogP contribution < -0.4 is 0 Å². The maximum atomic E-state index is 14.0. The van der Waals surface area contributed by atoms with E-state index in [2.05, 4.69) is 10.1 Å². The first-order valence-electron chi connectivity index (χ1n) is 10.8. The first-order valence-corrected chi connectivity index (χ1v) is 11.2. The number of aromatic nitrogens is 2. The fourth-order valence-corrected chi connectivity index (χ4v) is 4.07. The Balaban J connectivity index is 0.00000380. The number of aryl methyl sites for hydroxylation is 1. The quantitative estimate of drug-likeness (QED) is 0.266. The largest absolute Gasteiger partial charge is 0.480 e. The Labute approximate surface area is 222 Å². The van der Waals surface area contributed by atoms with Crippen molar-refractivity contribution >= 4 is 30.0 Å². The van der Waals surface area contributed by atoms with Gasteiger partial charge in [-0.05, 0) is 66.6 Å². The molecule has 0 aliphatic heterocycles. The summed E-state index contributed by atoms with van der Waals surface area (Å²) in [5.41, 5.74) is 1.79. The number of hydrogen-bond acceptors (Lipinski definition) is 5. The summed E-state index contributed by atoms with van der Waals surface area (Å²) in [4.78, 5) is 16.8. The molecule has 1 N–H and O–H groups in total. The van der Waals surface area contributed by atoms with Crippen molar-refractivity contribution in [1.29, 1.82) is 0 Å². The average molecular weight is 552 g/mol. The molecule has 3 aromatic carbocycles. The van der Waals surface area contributed by atoms with E-state index in [4.69, 9.17) is 21.2 Å². The third kappa shape index (κ3) is 6.49. The van der Waals surface area contributed by atoms with Gasteiger partial charge in [0.2, 0.25) is 5.82 Å². The molecule has 0 amide bonds. The lowest BCUT2D eigenvalue weighted by Gasteiger charge is -2.15. The molecule has 0 spiro atoms. The van der Waals surface area contributed by atoms with E-state index in [0.717, 1.165) is 11.6 Å². The van der Waals surface area contributed by atoms with Crippen molar-refractivity contribution < 1.29 is 27.6 Å². The van der Waals surface area contributed by atoms with Gasteiger partial charge in [0.25, 0.3) is 5.89 Å². The zero-order chi connectivity index (χ0) is 26.0. The molecule has 194 valence electrons. The number of rotatable bonds is 7. The van der Waals surface area contributed by atoms with E-state index in [1.807, 2.05) is 0 Å². The second kappa shape index (κ2) is 11.3. The van der Waals surface area contributed by atoms with Gasteiger partial charge in [-0.2, -0.15) is 18.2 Å². The predicted molar refractivity (Wildman–Crippen MR) is 137 cm³/mol. The van der Waals surface area contributed by atoms with E-state index in [1.54, 1.807) is 61.3 Å². The predicted octanol–water partition coefficient (Wildman–Crippen LogP) is 6.99. The topological polar surface area (TPSA) is 79.5 Å². The average Bonchev–Trinajstić information content (AvgIpc) is 3.30. The Bertz CT molecular complexity index is 1420. The minimum absolute atomic E-state index is 0. The van der Waals surface area contributed by atoms with Crippen LogP contribution in [0.15, 0.2) is 65.2 Å². The van der Waals surface area contributed by atoms with Crippen LogP contribution in [0.4, 0.5) is 13.2 Å². The molecule has 6 nitrogen and oxygen atoms in total. The Hall–Kier alpha value is -3.40. The fourth-order valence-electron chi connectivity index (χ4n) is 3.89. The number of hydrogen-bond donors (Lipinski definition) is 1. The van der Waals surface area contributed by atoms with Crippen molar-refractivity contribution in [2.45, 2.75) is 19.6 Å². The van der Waals surface area contributed by atoms with Gasteiger partial charge in [-0.3, -0.25) is 9.69 Å². The molecular weight excluding hydrogens is 530 g/mol. The Morgan fingerprint density at radius 1 is 1.05 bits per heavy atom. The molecule has 37 heavy (non-hydrogen) atoms. The van der Waals surface area contributed by atoms with Crippen molar-refractivity contribution in [2.75, 3.05) is 13.6 Å². The van der Waals surface area contributed by atoms with Gasteiger partial charge in [-0.25, -0.2) is 0 Å². The third-order valence-electron chi connectivity index (χ3n) is 5.58. The molecule has 1 heterocycles. The normalized spacial score (nSPS) is 11.4. The number of halogens is 5. The molecule has 11 heteroatoms. The van der Waals surface area contributed by atoms with Crippen LogP contribution in [0.3, 0.4) is 0 Å². The summed E-state index contributed by atoms with van der Waals surface area (Å²) in [6.07, 6.45) is -4.59. The number of aliphatic carboxylic acids is 1. The maximum absolute atomic E-state index is 14.0. The SMILES string of the molecule is Cc1ccccc1-c1ccc(-c2nc(-c3ccc(Cl)c(CN(C)CC(=O)O)c3)no2)cc1C(F)(F)F.Cl. The first kappa shape index (κ1) is 28.2. The van der Waals surface area contributed by atoms with Crippen LogP contribution in [-0.4, -0.2) is 39.7 Å². The zero-order valence-electron chi connectivity index (χ0n) is 19.7. The summed E-state index contributed by atoms with van der Waals surface area (Å²) in [6, 6.07) is 15.8. The van der Waals surface area contributed by atoms with E-state index < -0.39 is 17.7 Å². The molecule has 4 rings (SSSR count). The molecule has 0 atom stereocenters. The summed E-state index contributed by atoms with van der Waals surface area (Å²) < 4.78 is 47.2. The molecule has 0 unspecified atom stereocenters. The monoisotopic (exact) mass is 551 g/mol. The lowest BCUT2D eigenvalue weighted by molar-refractivity contribution is -0.138. The summed E-state index contributed by atoms with van der Waals surface area (Å²) in [5.74, 6) is -0.870. The van der Waals surface area contributed by atoms with E-state index in [1.165, 1.54) is 12.1 Å². The minimum Gasteiger partial charge on any atom is -0.480 e. The molecular formula is C26H22Cl2F3N3O3. The van der Waals surface area contributed by atoms with E-state index in [0.29, 0.717) is 21.7 Å². The number of alkyl halides is 3. The molecule has 0 radical (unpaired) electrons. The summed E-state index contributed by atoms with van der Waals surface area (Å²) >= 11 is 6.26. The Morgan fingerprint density at radius 2 is 1.76 bits per heavy atom. The highest BCUT2D eigenvalue weighted by Crippen LogP contribution is 2.40. The van der Waals surface area contributed by atoms with Gasteiger partial charge in [0, 0.05) is 22.7 Å². The first-order chi connectivity index (χ1) is 17.0. The van der Waals surface area contributed by atoms with Gasteiger partial charge < -0.3 is 9.63 Å². The summed E-state index contributed by atoms with van der Waals surface area (Å²) in [7, 11) is 1.64. The Morgan fingerprint density at radius 3 is 2.43 bits per heavy atom. The van der Waals surface area contributed by atoms with Gasteiger partial charge in [-0.1, -0.05) is 47.1 Å². The standard InChI is InChI=1S/C26H21ClF3N3O3.ClH/c1-15-5-3-4-6-19(15)20-9-7-17(12-21(20)26(28,29)30)25-31-24(32-36-25)16-8-10-22(27)18(11-16)13-33(2)14-23(34)35;/h3-12H,13-14H2,1-2H3,(H,34,35);1H. The van der Waals surface area contributed by atoms with Gasteiger partial charge in [0.1, 0.15) is 0 Å². The van der Waals surface area contributed by atoms with Crippen LogP contribution in [0.1, 0.15) is 16.7 Å². The summed E-state index contributed by atoms with van der Waals surface area (Å²) in [5, 5.41) is 13.3. The van der Waals surface area contributed by atoms with Crippen molar-refractivity contribution in [3.8, 4) is 34.0 Å². The van der Waals surface area contributed by atoms with Crippen molar-refractivity contribution in [3.63, 3.8) is 0 Å². The highest BCUT2D eigenvalue weighted by molar-refractivity contribution is 6.31. The second-order valence-electron chi connectivity index (χ2n) is 8.37. The van der Waals surface area contributed by atoms with Crippen LogP contribution in [0.5, 0.6) is 0 Å². The van der Waals surface area contributed by atoms with E-state index >= 15 is 0 Å². The van der Waals surface area contributed by atoms with Crippen LogP contribution in [0.2, 0.25) is 5.02 Å². The lowest BCUT2D eigenvalue weighted by atomic mass is 9.94. The van der Waals surface area contributed by atoms with Crippen LogP contribution in [0.25, 0.3) is 34.0 Å². The van der Waals surface area contributed by atoms with Crippen LogP contribution >= 0.6 is 24.0 Å². The van der Waals surface area contributed by atoms with E-state index in [9.17, 15) is 18.0 Å². The number of nitrogens with zero attached hydrogens (tertiary/aromatic N) is 3. The summed E-state index contributed by atoms with van der Waals surface area (Å²) in [6.45, 7) is 1.85. The number of likely N-dealkylation sites (N-methyl/N-ethyl adjacent to an activating group) is 1. The second-order valence-corrected chi connectivity index (χ2v) is 8.78. The van der Waals surface area contributed by atoms with Gasteiger partial charge in [0.15, 0.2) is 0 Å². The van der Waals surface area contributed by atoms with Crippen molar-refractivity contribution in [3.05, 3.63) is 82.4 Å². The number of carbonyl (C=O) groups is 1. The zero-order valence-corrected chi connectivity index (χ0v) is 21.3. The van der Waals surface area contributed by atoms with Crippen molar-refractivity contribution in [2.24, 2.45) is 0 Å².